The van der Waals surface area contributed by atoms with Crippen LogP contribution in [0.2, 0.25) is 5.02 Å². The third kappa shape index (κ3) is 2.63. The largest absolute Gasteiger partial charge is 0.377 e. The summed E-state index contributed by atoms with van der Waals surface area (Å²) in [5.74, 6) is 0. The molecule has 2 heterocycles. The quantitative estimate of drug-likeness (QED) is 0.793. The highest BCUT2D eigenvalue weighted by Gasteiger charge is 2.02. The maximum absolute atomic E-state index is 6.05. The Morgan fingerprint density at radius 3 is 2.74 bits per heavy atom. The van der Waals surface area contributed by atoms with E-state index in [4.69, 9.17) is 11.6 Å². The molecule has 0 amide bonds. The number of hydrogen-bond donors (Lipinski definition) is 1. The van der Waals surface area contributed by atoms with Crippen LogP contribution in [0.3, 0.4) is 0 Å². The molecule has 19 heavy (non-hydrogen) atoms. The summed E-state index contributed by atoms with van der Waals surface area (Å²) in [6.45, 7) is 0.559. The van der Waals surface area contributed by atoms with Crippen molar-refractivity contribution in [1.29, 1.82) is 0 Å². The van der Waals surface area contributed by atoms with Crippen LogP contribution < -0.4 is 5.32 Å². The fourth-order valence-electron chi connectivity index (χ4n) is 1.77. The molecule has 0 bridgehead atoms. The van der Waals surface area contributed by atoms with Gasteiger partial charge < -0.3 is 5.32 Å². The van der Waals surface area contributed by atoms with E-state index in [-0.39, 0.29) is 0 Å². The molecule has 0 spiro atoms. The van der Waals surface area contributed by atoms with E-state index >= 15 is 0 Å². The van der Waals surface area contributed by atoms with E-state index < -0.39 is 0 Å². The van der Waals surface area contributed by atoms with E-state index in [2.05, 4.69) is 20.3 Å². The van der Waals surface area contributed by atoms with Crippen LogP contribution in [0.5, 0.6) is 0 Å². The molecule has 0 aliphatic rings. The number of fused-ring (bicyclic) bond motifs is 1. The van der Waals surface area contributed by atoms with Gasteiger partial charge in [0, 0.05) is 6.20 Å². The highest BCUT2D eigenvalue weighted by atomic mass is 35.5. The van der Waals surface area contributed by atoms with E-state index in [0.29, 0.717) is 11.6 Å². The van der Waals surface area contributed by atoms with Crippen LogP contribution in [-0.4, -0.2) is 15.0 Å². The zero-order valence-electron chi connectivity index (χ0n) is 10.0. The van der Waals surface area contributed by atoms with Crippen molar-refractivity contribution in [3.63, 3.8) is 0 Å². The van der Waals surface area contributed by atoms with Crippen molar-refractivity contribution in [2.45, 2.75) is 6.54 Å². The Kier molecular flexibility index (Phi) is 3.25. The van der Waals surface area contributed by atoms with Gasteiger partial charge in [-0.1, -0.05) is 23.7 Å². The van der Waals surface area contributed by atoms with Crippen LogP contribution in [-0.2, 0) is 6.54 Å². The van der Waals surface area contributed by atoms with Crippen molar-refractivity contribution in [3.05, 3.63) is 59.6 Å². The molecule has 1 N–H and O–H groups in total. The highest BCUT2D eigenvalue weighted by Crippen LogP contribution is 2.19. The molecule has 0 radical (unpaired) electrons. The normalized spacial score (nSPS) is 10.6. The fraction of sp³-hybridized carbons (Fsp3) is 0.0714. The molecule has 4 nitrogen and oxygen atoms in total. The van der Waals surface area contributed by atoms with Gasteiger partial charge in [0.25, 0.3) is 0 Å². The molecule has 3 aromatic rings. The van der Waals surface area contributed by atoms with Crippen molar-refractivity contribution in [2.24, 2.45) is 0 Å². The second-order valence-corrected chi connectivity index (χ2v) is 4.47. The molecule has 5 heteroatoms. The van der Waals surface area contributed by atoms with Gasteiger partial charge in [-0.3, -0.25) is 9.97 Å². The van der Waals surface area contributed by atoms with Gasteiger partial charge in [0.15, 0.2) is 0 Å². The Morgan fingerprint density at radius 1 is 1.05 bits per heavy atom. The fourth-order valence-corrected chi connectivity index (χ4v) is 1.95. The molecule has 2 aromatic heterocycles. The summed E-state index contributed by atoms with van der Waals surface area (Å²) < 4.78 is 0. The minimum absolute atomic E-state index is 0.559. The van der Waals surface area contributed by atoms with Crippen LogP contribution in [0.4, 0.5) is 5.69 Å². The Labute approximate surface area is 115 Å². The Bertz CT molecular complexity index is 714. The van der Waals surface area contributed by atoms with Crippen LogP contribution in [0.25, 0.3) is 11.0 Å². The summed E-state index contributed by atoms with van der Waals surface area (Å²) in [7, 11) is 0. The molecule has 3 rings (SSSR count). The van der Waals surface area contributed by atoms with Crippen LogP contribution in [0, 0.1) is 0 Å². The lowest BCUT2D eigenvalue weighted by atomic mass is 10.3. The van der Waals surface area contributed by atoms with Crippen molar-refractivity contribution in [2.75, 3.05) is 5.32 Å². The van der Waals surface area contributed by atoms with Gasteiger partial charge in [-0.05, 0) is 18.2 Å². The maximum Gasteiger partial charge on any atom is 0.0890 e. The third-order valence-electron chi connectivity index (χ3n) is 2.73. The van der Waals surface area contributed by atoms with Crippen LogP contribution >= 0.6 is 11.6 Å². The Balaban J connectivity index is 1.80. The molecule has 0 aliphatic carbocycles. The summed E-state index contributed by atoms with van der Waals surface area (Å²) >= 11 is 6.05. The number of benzene rings is 1. The van der Waals surface area contributed by atoms with Gasteiger partial charge in [-0.25, -0.2) is 4.98 Å². The van der Waals surface area contributed by atoms with Gasteiger partial charge in [0.1, 0.15) is 0 Å². The molecular formula is C14H11ClN4. The smallest absolute Gasteiger partial charge is 0.0890 e. The summed E-state index contributed by atoms with van der Waals surface area (Å²) in [5.41, 5.74) is 3.43. The first-order valence-electron chi connectivity index (χ1n) is 5.87. The predicted octanol–water partition coefficient (Wildman–Crippen LogP) is 3.29. The minimum Gasteiger partial charge on any atom is -0.377 e. The maximum atomic E-state index is 6.05. The average Bonchev–Trinajstić information content (AvgIpc) is 2.46. The molecule has 0 fully saturated rings. The van der Waals surface area contributed by atoms with Crippen molar-refractivity contribution in [3.8, 4) is 0 Å². The number of rotatable bonds is 3. The average molecular weight is 271 g/mol. The molecular weight excluding hydrogens is 260 g/mol. The Morgan fingerprint density at radius 2 is 1.89 bits per heavy atom. The first-order valence-corrected chi connectivity index (χ1v) is 6.25. The third-order valence-corrected chi connectivity index (χ3v) is 3.06. The monoisotopic (exact) mass is 270 g/mol. The van der Waals surface area contributed by atoms with Crippen molar-refractivity contribution in [1.82, 2.24) is 15.0 Å². The standard InChI is InChI=1S/C14H11ClN4/c15-11-5-6-16-9-14(11)18-8-10-7-17-12-3-1-2-4-13(12)19-10/h1-7,9,18H,8H2. The van der Waals surface area contributed by atoms with Crippen LogP contribution in [0.15, 0.2) is 48.9 Å². The summed E-state index contributed by atoms with van der Waals surface area (Å²) in [4.78, 5) is 12.9. The first-order chi connectivity index (χ1) is 9.33. The minimum atomic E-state index is 0.559. The number of nitrogens with zero attached hydrogens (tertiary/aromatic N) is 3. The van der Waals surface area contributed by atoms with Gasteiger partial charge in [0.2, 0.25) is 0 Å². The second-order valence-electron chi connectivity index (χ2n) is 4.06. The molecule has 0 saturated heterocycles. The van der Waals surface area contributed by atoms with Crippen LogP contribution in [0.1, 0.15) is 5.69 Å². The van der Waals surface area contributed by atoms with E-state index in [9.17, 15) is 0 Å². The Hall–Kier alpha value is -2.20. The van der Waals surface area contributed by atoms with E-state index in [0.717, 1.165) is 22.4 Å². The number of anilines is 1. The SMILES string of the molecule is Clc1ccncc1NCc1cnc2ccccc2n1. The summed E-state index contributed by atoms with van der Waals surface area (Å²) in [6.07, 6.45) is 5.11. The number of hydrogen-bond acceptors (Lipinski definition) is 4. The van der Waals surface area contributed by atoms with Gasteiger partial charge >= 0.3 is 0 Å². The van der Waals surface area contributed by atoms with Gasteiger partial charge in [-0.15, -0.1) is 0 Å². The number of nitrogens with one attached hydrogen (secondary N) is 1. The molecule has 94 valence electrons. The number of para-hydroxylation sites is 2. The molecule has 0 aliphatic heterocycles. The second kappa shape index (κ2) is 5.20. The van der Waals surface area contributed by atoms with Crippen molar-refractivity contribution < 1.29 is 0 Å². The topological polar surface area (TPSA) is 50.7 Å². The zero-order chi connectivity index (χ0) is 13.1. The van der Waals surface area contributed by atoms with E-state index in [1.54, 1.807) is 24.7 Å². The predicted molar refractivity (Wildman–Crippen MR) is 76.1 cm³/mol. The van der Waals surface area contributed by atoms with Gasteiger partial charge in [0.05, 0.1) is 46.4 Å². The van der Waals surface area contributed by atoms with Gasteiger partial charge in [-0.2, -0.15) is 0 Å². The molecule has 0 atom stereocenters. The van der Waals surface area contributed by atoms with Crippen molar-refractivity contribution >= 4 is 28.3 Å². The first kappa shape index (κ1) is 11.9. The zero-order valence-corrected chi connectivity index (χ0v) is 10.8. The summed E-state index contributed by atoms with van der Waals surface area (Å²) in [6, 6.07) is 9.53. The van der Waals surface area contributed by atoms with E-state index in [1.165, 1.54) is 0 Å². The molecule has 0 unspecified atom stereocenters. The number of pyridine rings is 1. The highest BCUT2D eigenvalue weighted by molar-refractivity contribution is 6.33. The lowest BCUT2D eigenvalue weighted by Crippen LogP contribution is -2.03. The van der Waals surface area contributed by atoms with E-state index in [1.807, 2.05) is 24.3 Å². The lowest BCUT2D eigenvalue weighted by Gasteiger charge is -2.07. The summed E-state index contributed by atoms with van der Waals surface area (Å²) in [5, 5.41) is 3.84. The molecule has 0 saturated carbocycles. The number of halogens is 1. The lowest BCUT2D eigenvalue weighted by molar-refractivity contribution is 1.04. The molecule has 1 aromatic carbocycles. The number of aromatic nitrogens is 3.